The number of nitrogens with one attached hydrogen (secondary N) is 1. The molecule has 1 aliphatic heterocycles. The number of aryl methyl sites for hydroxylation is 1. The summed E-state index contributed by atoms with van der Waals surface area (Å²) < 4.78 is 0. The third-order valence-electron chi connectivity index (χ3n) is 6.01. The summed E-state index contributed by atoms with van der Waals surface area (Å²) in [6.07, 6.45) is 1.83. The number of carbonyl (C=O) groups excluding carboxylic acids is 2. The van der Waals surface area contributed by atoms with Gasteiger partial charge >= 0.3 is 0 Å². The van der Waals surface area contributed by atoms with Gasteiger partial charge in [-0.15, -0.1) is 11.3 Å². The molecular formula is C22H27N3O3S. The molecule has 29 heavy (non-hydrogen) atoms. The molecule has 1 aromatic carbocycles. The highest BCUT2D eigenvalue weighted by Gasteiger charge is 2.43. The molecule has 2 aliphatic rings. The van der Waals surface area contributed by atoms with E-state index in [-0.39, 0.29) is 24.3 Å². The van der Waals surface area contributed by atoms with Crippen LogP contribution in [0.1, 0.15) is 37.4 Å². The number of aliphatic hydroxyl groups excluding tert-OH is 1. The molecule has 1 saturated carbocycles. The van der Waals surface area contributed by atoms with Crippen molar-refractivity contribution in [3.63, 3.8) is 0 Å². The maximum atomic E-state index is 12.8. The number of hydrogen-bond acceptors (Lipinski definition) is 5. The Morgan fingerprint density at radius 1 is 1.31 bits per heavy atom. The van der Waals surface area contributed by atoms with E-state index >= 15 is 0 Å². The zero-order valence-corrected chi connectivity index (χ0v) is 17.6. The summed E-state index contributed by atoms with van der Waals surface area (Å²) in [5, 5.41) is 13.0. The molecule has 0 spiro atoms. The van der Waals surface area contributed by atoms with Crippen LogP contribution in [0.5, 0.6) is 0 Å². The maximum absolute atomic E-state index is 12.8. The first-order valence-electron chi connectivity index (χ1n) is 10.2. The third-order valence-corrected chi connectivity index (χ3v) is 6.99. The molecule has 6 nitrogen and oxygen atoms in total. The van der Waals surface area contributed by atoms with E-state index in [1.807, 2.05) is 43.6 Å². The van der Waals surface area contributed by atoms with Gasteiger partial charge in [0.25, 0.3) is 0 Å². The first kappa shape index (κ1) is 20.0. The molecule has 4 rings (SSSR count). The van der Waals surface area contributed by atoms with Gasteiger partial charge in [0.2, 0.25) is 11.8 Å². The van der Waals surface area contributed by atoms with E-state index in [1.54, 1.807) is 16.2 Å². The summed E-state index contributed by atoms with van der Waals surface area (Å²) >= 11 is 1.61. The standard InChI is InChI=1S/C22H27N3O3S/c1-13(16-7-8-16)22(28)25-11-18(26)9-19(25)21(27)23-10-15-3-5-17(6-4-15)20-14(2)24-12-29-20/h3-6,12-13,16,18-19,26H,7-11H2,1-2H3,(H,23,27)/t13-,18+,19-/m0/s1. The van der Waals surface area contributed by atoms with Gasteiger partial charge in [-0.2, -0.15) is 0 Å². The van der Waals surface area contributed by atoms with Crippen LogP contribution in [-0.4, -0.2) is 45.5 Å². The van der Waals surface area contributed by atoms with Gasteiger partial charge in [-0.1, -0.05) is 31.2 Å². The summed E-state index contributed by atoms with van der Waals surface area (Å²) in [5.74, 6) is 0.164. The van der Waals surface area contributed by atoms with Crippen molar-refractivity contribution in [1.82, 2.24) is 15.2 Å². The van der Waals surface area contributed by atoms with Gasteiger partial charge in [0.05, 0.1) is 22.2 Å². The second-order valence-corrected chi connectivity index (χ2v) is 9.06. The minimum Gasteiger partial charge on any atom is -0.391 e. The molecule has 1 saturated heterocycles. The van der Waals surface area contributed by atoms with Crippen LogP contribution in [0, 0.1) is 18.8 Å². The van der Waals surface area contributed by atoms with Gasteiger partial charge in [-0.25, -0.2) is 4.98 Å². The molecular weight excluding hydrogens is 386 g/mol. The van der Waals surface area contributed by atoms with Crippen molar-refractivity contribution in [1.29, 1.82) is 0 Å². The number of rotatable bonds is 6. The molecule has 0 radical (unpaired) electrons. The number of carbonyl (C=O) groups is 2. The Labute approximate surface area is 175 Å². The lowest BCUT2D eigenvalue weighted by Crippen LogP contribution is -2.47. The zero-order chi connectivity index (χ0) is 20.5. The normalized spacial score (nSPS) is 22.5. The van der Waals surface area contributed by atoms with Crippen molar-refractivity contribution in [2.45, 2.75) is 51.8 Å². The largest absolute Gasteiger partial charge is 0.391 e. The van der Waals surface area contributed by atoms with E-state index in [4.69, 9.17) is 0 Å². The highest BCUT2D eigenvalue weighted by atomic mass is 32.1. The highest BCUT2D eigenvalue weighted by Crippen LogP contribution is 2.38. The summed E-state index contributed by atoms with van der Waals surface area (Å²) in [6.45, 7) is 4.57. The summed E-state index contributed by atoms with van der Waals surface area (Å²) in [7, 11) is 0. The first-order chi connectivity index (χ1) is 13.9. The third kappa shape index (κ3) is 4.36. The number of thiazole rings is 1. The first-order valence-corrected chi connectivity index (χ1v) is 11.1. The molecule has 1 aliphatic carbocycles. The van der Waals surface area contributed by atoms with Gasteiger partial charge in [-0.3, -0.25) is 9.59 Å². The van der Waals surface area contributed by atoms with Gasteiger partial charge in [0, 0.05) is 25.4 Å². The zero-order valence-electron chi connectivity index (χ0n) is 16.8. The number of amides is 2. The molecule has 2 amide bonds. The van der Waals surface area contributed by atoms with Gasteiger partial charge in [0.15, 0.2) is 0 Å². The van der Waals surface area contributed by atoms with Crippen LogP contribution in [0.2, 0.25) is 0 Å². The highest BCUT2D eigenvalue weighted by molar-refractivity contribution is 7.13. The summed E-state index contributed by atoms with van der Waals surface area (Å²) in [4.78, 5) is 32.5. The Hall–Kier alpha value is -2.25. The van der Waals surface area contributed by atoms with Gasteiger partial charge in [-0.05, 0) is 36.8 Å². The smallest absolute Gasteiger partial charge is 0.243 e. The van der Waals surface area contributed by atoms with Crippen LogP contribution < -0.4 is 5.32 Å². The molecule has 7 heteroatoms. The number of aliphatic hydroxyl groups is 1. The lowest BCUT2D eigenvalue weighted by atomic mass is 10.0. The summed E-state index contributed by atoms with van der Waals surface area (Å²) in [5.41, 5.74) is 4.96. The fourth-order valence-corrected chi connectivity index (χ4v) is 4.84. The Kier molecular flexibility index (Phi) is 5.69. The fourth-order valence-electron chi connectivity index (χ4n) is 4.03. The molecule has 1 aromatic heterocycles. The Morgan fingerprint density at radius 3 is 2.66 bits per heavy atom. The average molecular weight is 414 g/mol. The number of likely N-dealkylation sites (tertiary alicyclic amines) is 1. The molecule has 3 atom stereocenters. The average Bonchev–Trinajstić information content (AvgIpc) is 3.37. The molecule has 2 heterocycles. The van der Waals surface area contributed by atoms with Gasteiger partial charge < -0.3 is 15.3 Å². The number of β-amino-alcohol motifs (C(OH)–C–C–N with tert-alkyl or cyclic N) is 1. The quantitative estimate of drug-likeness (QED) is 0.763. The van der Waals surface area contributed by atoms with Crippen molar-refractivity contribution >= 4 is 23.2 Å². The van der Waals surface area contributed by atoms with E-state index < -0.39 is 12.1 Å². The monoisotopic (exact) mass is 413 g/mol. The van der Waals surface area contributed by atoms with E-state index in [1.165, 1.54) is 0 Å². The van der Waals surface area contributed by atoms with Crippen LogP contribution in [0.3, 0.4) is 0 Å². The van der Waals surface area contributed by atoms with E-state index in [2.05, 4.69) is 10.3 Å². The predicted molar refractivity (Wildman–Crippen MR) is 112 cm³/mol. The van der Waals surface area contributed by atoms with Crippen molar-refractivity contribution in [3.8, 4) is 10.4 Å². The van der Waals surface area contributed by atoms with Crippen molar-refractivity contribution < 1.29 is 14.7 Å². The van der Waals surface area contributed by atoms with Crippen LogP contribution in [0.4, 0.5) is 0 Å². The van der Waals surface area contributed by atoms with Gasteiger partial charge in [0.1, 0.15) is 6.04 Å². The molecule has 2 aromatic rings. The molecule has 154 valence electrons. The minimum absolute atomic E-state index is 0.00604. The predicted octanol–water partition coefficient (Wildman–Crippen LogP) is 2.74. The molecule has 0 unspecified atom stereocenters. The number of benzene rings is 1. The van der Waals surface area contributed by atoms with Crippen LogP contribution in [-0.2, 0) is 16.1 Å². The lowest BCUT2D eigenvalue weighted by molar-refractivity contribution is -0.141. The molecule has 2 N–H and O–H groups in total. The molecule has 0 bridgehead atoms. The summed E-state index contributed by atoms with van der Waals surface area (Å²) in [6, 6.07) is 7.48. The van der Waals surface area contributed by atoms with Crippen LogP contribution in [0.25, 0.3) is 10.4 Å². The SMILES string of the molecule is Cc1ncsc1-c1ccc(CNC(=O)[C@@H]2C[C@@H](O)CN2C(=O)[C@@H](C)C2CC2)cc1. The fraction of sp³-hybridized carbons (Fsp3) is 0.500. The van der Waals surface area contributed by atoms with E-state index in [9.17, 15) is 14.7 Å². The number of hydrogen-bond donors (Lipinski definition) is 2. The second kappa shape index (κ2) is 8.24. The number of nitrogens with zero attached hydrogens (tertiary/aromatic N) is 2. The Bertz CT molecular complexity index is 891. The van der Waals surface area contributed by atoms with Crippen molar-refractivity contribution in [2.75, 3.05) is 6.54 Å². The Balaban J connectivity index is 1.37. The second-order valence-electron chi connectivity index (χ2n) is 8.20. The molecule has 2 fully saturated rings. The Morgan fingerprint density at radius 2 is 2.03 bits per heavy atom. The minimum atomic E-state index is -0.636. The van der Waals surface area contributed by atoms with E-state index in [0.717, 1.165) is 34.5 Å². The van der Waals surface area contributed by atoms with Crippen molar-refractivity contribution in [3.05, 3.63) is 41.0 Å². The van der Waals surface area contributed by atoms with E-state index in [0.29, 0.717) is 18.9 Å². The number of aromatic nitrogens is 1. The lowest BCUT2D eigenvalue weighted by Gasteiger charge is -2.26. The van der Waals surface area contributed by atoms with Crippen molar-refractivity contribution in [2.24, 2.45) is 11.8 Å². The topological polar surface area (TPSA) is 82.5 Å². The van der Waals surface area contributed by atoms with Crippen LogP contribution >= 0.6 is 11.3 Å². The van der Waals surface area contributed by atoms with Crippen LogP contribution in [0.15, 0.2) is 29.8 Å². The maximum Gasteiger partial charge on any atom is 0.243 e.